The fourth-order valence-corrected chi connectivity index (χ4v) is 11.1. The molecule has 0 fully saturated rings. The highest BCUT2D eigenvalue weighted by Gasteiger charge is 2.19. The topological polar surface area (TPSA) is 78.9 Å². The Hall–Kier alpha value is -2.37. The Morgan fingerprint density at radius 2 is 0.444 bits per heavy atom. The monoisotopic (exact) mass is 1140 g/mol. The van der Waals surface area contributed by atoms with Gasteiger partial charge < -0.3 is 14.2 Å². The van der Waals surface area contributed by atoms with E-state index in [1.165, 1.54) is 295 Å². The van der Waals surface area contributed by atoms with Crippen molar-refractivity contribution in [3.63, 3.8) is 0 Å². The molecule has 0 amide bonds. The van der Waals surface area contributed by atoms with Gasteiger partial charge in [0.2, 0.25) is 0 Å². The summed E-state index contributed by atoms with van der Waals surface area (Å²) in [6, 6.07) is 0. The second-order valence-electron chi connectivity index (χ2n) is 24.9. The maximum absolute atomic E-state index is 13.0. The van der Waals surface area contributed by atoms with Crippen LogP contribution in [0, 0.1) is 0 Å². The first-order valence-electron chi connectivity index (χ1n) is 36.5. The summed E-state index contributed by atoms with van der Waals surface area (Å²) in [7, 11) is 0. The van der Waals surface area contributed by atoms with Crippen molar-refractivity contribution in [1.82, 2.24) is 0 Å². The largest absolute Gasteiger partial charge is 0.462 e. The zero-order valence-corrected chi connectivity index (χ0v) is 54.8. The van der Waals surface area contributed by atoms with Crippen LogP contribution in [0.15, 0.2) is 36.5 Å². The first-order valence-corrected chi connectivity index (χ1v) is 36.5. The molecule has 0 spiro atoms. The van der Waals surface area contributed by atoms with Gasteiger partial charge >= 0.3 is 17.9 Å². The number of carbonyl (C=O) groups is 3. The van der Waals surface area contributed by atoms with Crippen molar-refractivity contribution in [3.05, 3.63) is 36.5 Å². The number of hydrogen-bond acceptors (Lipinski definition) is 6. The third-order valence-electron chi connectivity index (χ3n) is 16.6. The van der Waals surface area contributed by atoms with Gasteiger partial charge in [-0.1, -0.05) is 346 Å². The summed E-state index contributed by atoms with van der Waals surface area (Å²) < 4.78 is 17.0. The Bertz CT molecular complexity index is 1350. The van der Waals surface area contributed by atoms with Gasteiger partial charge in [-0.3, -0.25) is 14.4 Å². The van der Waals surface area contributed by atoms with Crippen LogP contribution in [-0.4, -0.2) is 37.2 Å². The highest BCUT2D eigenvalue weighted by molar-refractivity contribution is 5.71. The Labute approximate surface area is 506 Å². The van der Waals surface area contributed by atoms with Gasteiger partial charge in [0.15, 0.2) is 6.10 Å². The van der Waals surface area contributed by atoms with Crippen molar-refractivity contribution in [3.8, 4) is 0 Å². The molecule has 476 valence electrons. The third kappa shape index (κ3) is 68.3. The van der Waals surface area contributed by atoms with E-state index in [-0.39, 0.29) is 31.1 Å². The van der Waals surface area contributed by atoms with Gasteiger partial charge in [0.1, 0.15) is 13.2 Å². The number of ether oxygens (including phenoxy) is 3. The molecule has 0 aliphatic carbocycles. The van der Waals surface area contributed by atoms with E-state index in [1.54, 1.807) is 0 Å². The van der Waals surface area contributed by atoms with Crippen molar-refractivity contribution in [1.29, 1.82) is 0 Å². The molecule has 81 heavy (non-hydrogen) atoms. The quantitative estimate of drug-likeness (QED) is 0.0261. The lowest BCUT2D eigenvalue weighted by molar-refractivity contribution is -0.167. The number of carbonyl (C=O) groups excluding carboxylic acids is 3. The molecule has 0 N–H and O–H groups in total. The molecule has 0 aliphatic heterocycles. The fourth-order valence-electron chi connectivity index (χ4n) is 11.1. The van der Waals surface area contributed by atoms with Crippen LogP contribution in [0.5, 0.6) is 0 Å². The Balaban J connectivity index is 4.22. The number of unbranched alkanes of at least 4 members (excludes halogenated alkanes) is 51. The normalized spacial score (nSPS) is 12.2. The lowest BCUT2D eigenvalue weighted by atomic mass is 10.0. The Kier molecular flexibility index (Phi) is 68.1. The van der Waals surface area contributed by atoms with Crippen molar-refractivity contribution >= 4 is 17.9 Å². The summed E-state index contributed by atoms with van der Waals surface area (Å²) in [6.07, 6.45) is 87.6. The summed E-state index contributed by atoms with van der Waals surface area (Å²) in [5.41, 5.74) is 0. The van der Waals surface area contributed by atoms with Crippen LogP contribution in [-0.2, 0) is 28.6 Å². The van der Waals surface area contributed by atoms with Crippen molar-refractivity contribution in [2.75, 3.05) is 13.2 Å². The lowest BCUT2D eigenvalue weighted by Gasteiger charge is -2.18. The van der Waals surface area contributed by atoms with Gasteiger partial charge in [-0.05, 0) is 77.0 Å². The second-order valence-corrected chi connectivity index (χ2v) is 24.9. The molecule has 6 nitrogen and oxygen atoms in total. The summed E-state index contributed by atoms with van der Waals surface area (Å²) >= 11 is 0. The molecule has 1 atom stereocenters. The first-order chi connectivity index (χ1) is 40.0. The average Bonchev–Trinajstić information content (AvgIpc) is 3.46. The van der Waals surface area contributed by atoms with Gasteiger partial charge in [0.05, 0.1) is 0 Å². The van der Waals surface area contributed by atoms with Crippen LogP contribution < -0.4 is 0 Å². The molecular weight excluding hydrogens is 997 g/mol. The average molecular weight is 1140 g/mol. The standard InChI is InChI=1S/C75H140O6/c1-4-7-10-13-16-19-22-25-27-29-31-33-35-37-39-41-43-45-47-50-53-56-59-62-65-68-74(77)80-71-72(70-79-73(76)67-64-61-58-55-52-49-24-21-18-15-12-9-6-3)81-75(78)69-66-63-60-57-54-51-48-46-44-42-40-38-36-34-32-30-28-26-23-20-17-14-11-8-5-2/h21-22,24-25,29,31,72H,4-20,23,26-28,30,32-71H2,1-3H3/b24-21-,25-22-,31-29-. The van der Waals surface area contributed by atoms with Crippen molar-refractivity contribution in [2.45, 2.75) is 412 Å². The maximum atomic E-state index is 13.0. The summed E-state index contributed by atoms with van der Waals surface area (Å²) in [4.78, 5) is 38.4. The van der Waals surface area contributed by atoms with Gasteiger partial charge in [-0.25, -0.2) is 0 Å². The molecule has 0 aliphatic rings. The minimum absolute atomic E-state index is 0.0701. The van der Waals surface area contributed by atoms with E-state index in [0.29, 0.717) is 19.3 Å². The van der Waals surface area contributed by atoms with Gasteiger partial charge in [-0.15, -0.1) is 0 Å². The fraction of sp³-hybridized carbons (Fsp3) is 0.880. The van der Waals surface area contributed by atoms with Crippen LogP contribution in [0.4, 0.5) is 0 Å². The molecule has 0 rings (SSSR count). The number of allylic oxidation sites excluding steroid dienone is 6. The SMILES string of the molecule is CCCCCC/C=C\CCCCCCCC(=O)OCC(COC(=O)CCCCCCCCCCCCCCC/C=C\C/C=C\CCCCCCC)OC(=O)CCCCCCCCCCCCCCCCCCCCCCCCCCC. The van der Waals surface area contributed by atoms with E-state index in [4.69, 9.17) is 14.2 Å². The summed E-state index contributed by atoms with van der Waals surface area (Å²) in [5.74, 6) is -0.850. The van der Waals surface area contributed by atoms with Crippen LogP contribution in [0.3, 0.4) is 0 Å². The molecule has 0 aromatic heterocycles. The lowest BCUT2D eigenvalue weighted by Crippen LogP contribution is -2.30. The van der Waals surface area contributed by atoms with Crippen LogP contribution >= 0.6 is 0 Å². The van der Waals surface area contributed by atoms with Crippen LogP contribution in [0.2, 0.25) is 0 Å². The Morgan fingerprint density at radius 3 is 0.704 bits per heavy atom. The minimum Gasteiger partial charge on any atom is -0.462 e. The zero-order valence-electron chi connectivity index (χ0n) is 54.8. The third-order valence-corrected chi connectivity index (χ3v) is 16.6. The van der Waals surface area contributed by atoms with E-state index < -0.39 is 6.10 Å². The van der Waals surface area contributed by atoms with E-state index in [9.17, 15) is 14.4 Å². The predicted octanol–water partition coefficient (Wildman–Crippen LogP) is 25.1. The van der Waals surface area contributed by atoms with E-state index in [1.807, 2.05) is 0 Å². The smallest absolute Gasteiger partial charge is 0.306 e. The maximum Gasteiger partial charge on any atom is 0.306 e. The summed E-state index contributed by atoms with van der Waals surface area (Å²) in [6.45, 7) is 6.69. The van der Waals surface area contributed by atoms with Crippen LogP contribution in [0.25, 0.3) is 0 Å². The minimum atomic E-state index is -0.774. The first kappa shape index (κ1) is 78.6. The molecule has 1 unspecified atom stereocenters. The molecule has 0 radical (unpaired) electrons. The van der Waals surface area contributed by atoms with Crippen LogP contribution in [0.1, 0.15) is 406 Å². The van der Waals surface area contributed by atoms with Gasteiger partial charge in [-0.2, -0.15) is 0 Å². The summed E-state index contributed by atoms with van der Waals surface area (Å²) in [5, 5.41) is 0. The number of esters is 3. The molecule has 0 heterocycles. The van der Waals surface area contributed by atoms with E-state index >= 15 is 0 Å². The molecule has 6 heteroatoms. The Morgan fingerprint density at radius 1 is 0.247 bits per heavy atom. The predicted molar refractivity (Wildman–Crippen MR) is 353 cm³/mol. The molecule has 0 saturated carbocycles. The van der Waals surface area contributed by atoms with Gasteiger partial charge in [0.25, 0.3) is 0 Å². The van der Waals surface area contributed by atoms with Crippen molar-refractivity contribution < 1.29 is 28.6 Å². The highest BCUT2D eigenvalue weighted by Crippen LogP contribution is 2.19. The molecular formula is C75H140O6. The molecule has 0 aromatic carbocycles. The number of rotatable bonds is 68. The molecule has 0 bridgehead atoms. The van der Waals surface area contributed by atoms with E-state index in [0.717, 1.165) is 70.6 Å². The van der Waals surface area contributed by atoms with E-state index in [2.05, 4.69) is 57.2 Å². The van der Waals surface area contributed by atoms with Gasteiger partial charge in [0, 0.05) is 19.3 Å². The van der Waals surface area contributed by atoms with Crippen molar-refractivity contribution in [2.24, 2.45) is 0 Å². The molecule has 0 aromatic rings. The molecule has 0 saturated heterocycles. The number of hydrogen-bond donors (Lipinski definition) is 0. The second kappa shape index (κ2) is 70.1. The highest BCUT2D eigenvalue weighted by atomic mass is 16.6. The zero-order chi connectivity index (χ0) is 58.5.